The van der Waals surface area contributed by atoms with E-state index in [2.05, 4.69) is 26.3 Å². The van der Waals surface area contributed by atoms with Crippen LogP contribution in [0.4, 0.5) is 17.3 Å². The van der Waals surface area contributed by atoms with Crippen LogP contribution in [0.15, 0.2) is 30.6 Å². The Morgan fingerprint density at radius 1 is 1.17 bits per heavy atom. The molecule has 4 heterocycles. The molecule has 1 saturated carbocycles. The standard InChI is InChI=1S/C21H22N6O.ClH/c22-8-13-27(11-1-2-12-27)14-15-7-10-24-20-18(15)25-21(28)17-4-3-9-23-19(17)26(20)16-5-6-16;/h3-4,7,9-10,16H,1-2,5-6,11-14H2;1H. The molecule has 8 heteroatoms. The van der Waals surface area contributed by atoms with Crippen molar-refractivity contribution in [3.63, 3.8) is 0 Å². The highest BCUT2D eigenvalue weighted by Crippen LogP contribution is 2.44. The Hall–Kier alpha value is -2.69. The Morgan fingerprint density at radius 2 is 1.93 bits per heavy atom. The highest BCUT2D eigenvalue weighted by molar-refractivity contribution is 6.11. The van der Waals surface area contributed by atoms with Crippen LogP contribution >= 0.6 is 0 Å². The van der Waals surface area contributed by atoms with Crippen LogP contribution in [0.3, 0.4) is 0 Å². The van der Waals surface area contributed by atoms with E-state index in [1.165, 1.54) is 0 Å². The molecule has 5 rings (SSSR count). The minimum Gasteiger partial charge on any atom is -1.00 e. The number of rotatable bonds is 4. The molecule has 2 aliphatic heterocycles. The van der Waals surface area contributed by atoms with Gasteiger partial charge in [0.1, 0.15) is 18.4 Å². The summed E-state index contributed by atoms with van der Waals surface area (Å²) in [7, 11) is 0. The maximum absolute atomic E-state index is 13.0. The van der Waals surface area contributed by atoms with Crippen LogP contribution in [-0.2, 0) is 6.54 Å². The summed E-state index contributed by atoms with van der Waals surface area (Å²) in [4.78, 5) is 24.3. The molecule has 1 saturated heterocycles. The van der Waals surface area contributed by atoms with E-state index in [-0.39, 0.29) is 18.3 Å². The molecule has 2 fully saturated rings. The number of carbonyl (C=O) groups excluding carboxylic acids is 1. The number of nitriles is 1. The molecule has 0 bridgehead atoms. The fourth-order valence-corrected chi connectivity index (χ4v) is 4.56. The van der Waals surface area contributed by atoms with Gasteiger partial charge in [0, 0.05) is 36.8 Å². The maximum atomic E-state index is 13.0. The Bertz CT molecular complexity index is 977. The summed E-state index contributed by atoms with van der Waals surface area (Å²) >= 11 is 0. The van der Waals surface area contributed by atoms with Gasteiger partial charge in [0.25, 0.3) is 5.91 Å². The van der Waals surface area contributed by atoms with Crippen molar-refractivity contribution in [3.8, 4) is 6.07 Å². The van der Waals surface area contributed by atoms with Crippen molar-refractivity contribution >= 4 is 23.2 Å². The number of likely N-dealkylation sites (tertiary alicyclic amines) is 1. The highest BCUT2D eigenvalue weighted by atomic mass is 35.5. The minimum atomic E-state index is -0.144. The van der Waals surface area contributed by atoms with Crippen molar-refractivity contribution in [2.24, 2.45) is 0 Å². The monoisotopic (exact) mass is 410 g/mol. The van der Waals surface area contributed by atoms with Crippen LogP contribution in [0.2, 0.25) is 0 Å². The number of hydrogen-bond donors (Lipinski definition) is 1. The van der Waals surface area contributed by atoms with Crippen LogP contribution < -0.4 is 22.6 Å². The van der Waals surface area contributed by atoms with Crippen molar-refractivity contribution < 1.29 is 21.7 Å². The predicted octanol–water partition coefficient (Wildman–Crippen LogP) is -0.0190. The molecule has 7 nitrogen and oxygen atoms in total. The normalized spacial score (nSPS) is 19.3. The van der Waals surface area contributed by atoms with Crippen molar-refractivity contribution in [3.05, 3.63) is 41.7 Å². The number of aromatic nitrogens is 2. The second-order valence-electron chi connectivity index (χ2n) is 8.07. The van der Waals surface area contributed by atoms with E-state index in [1.54, 1.807) is 12.3 Å². The Kier molecular flexibility index (Phi) is 5.15. The second-order valence-corrected chi connectivity index (χ2v) is 8.07. The number of quaternary nitrogens is 1. The fraction of sp³-hybridized carbons (Fsp3) is 0.429. The van der Waals surface area contributed by atoms with Crippen molar-refractivity contribution in [2.45, 2.75) is 38.3 Å². The Morgan fingerprint density at radius 3 is 2.66 bits per heavy atom. The molecule has 0 radical (unpaired) electrons. The van der Waals surface area contributed by atoms with E-state index in [4.69, 9.17) is 0 Å². The van der Waals surface area contributed by atoms with Crippen LogP contribution in [0.5, 0.6) is 0 Å². The molecule has 3 aliphatic rings. The van der Waals surface area contributed by atoms with Crippen LogP contribution in [0.25, 0.3) is 0 Å². The van der Waals surface area contributed by atoms with Crippen LogP contribution in [0.1, 0.15) is 41.6 Å². The van der Waals surface area contributed by atoms with Gasteiger partial charge in [0.15, 0.2) is 12.4 Å². The molecule has 1 aliphatic carbocycles. The number of nitrogens with one attached hydrogen (secondary N) is 1. The van der Waals surface area contributed by atoms with Gasteiger partial charge in [-0.15, -0.1) is 0 Å². The van der Waals surface area contributed by atoms with Crippen molar-refractivity contribution in [2.75, 3.05) is 29.9 Å². The molecule has 1 amide bonds. The number of nitrogens with zero attached hydrogens (tertiary/aromatic N) is 5. The Balaban J connectivity index is 0.00000205. The summed E-state index contributed by atoms with van der Waals surface area (Å²) < 4.78 is 0.761. The summed E-state index contributed by atoms with van der Waals surface area (Å²) in [5, 5.41) is 12.5. The lowest BCUT2D eigenvalue weighted by molar-refractivity contribution is -0.923. The third-order valence-electron chi connectivity index (χ3n) is 6.08. The van der Waals surface area contributed by atoms with E-state index in [9.17, 15) is 10.1 Å². The lowest BCUT2D eigenvalue weighted by Gasteiger charge is -2.33. The zero-order chi connectivity index (χ0) is 19.1. The molecule has 0 unspecified atom stereocenters. The maximum Gasteiger partial charge on any atom is 0.259 e. The minimum absolute atomic E-state index is 0. The molecule has 1 N–H and O–H groups in total. The van der Waals surface area contributed by atoms with Gasteiger partial charge in [-0.3, -0.25) is 4.79 Å². The zero-order valence-corrected chi connectivity index (χ0v) is 16.9. The molecular formula is C21H23ClN6O. The van der Waals surface area contributed by atoms with Crippen molar-refractivity contribution in [1.82, 2.24) is 9.97 Å². The molecule has 2 aromatic rings. The number of carbonyl (C=O) groups is 1. The first-order chi connectivity index (χ1) is 13.7. The largest absolute Gasteiger partial charge is 1.00 e. The molecule has 150 valence electrons. The second kappa shape index (κ2) is 7.62. The van der Waals surface area contributed by atoms with E-state index in [0.717, 1.165) is 66.9 Å². The lowest BCUT2D eigenvalue weighted by Crippen LogP contribution is -3.00. The molecule has 0 spiro atoms. The van der Waals surface area contributed by atoms with E-state index >= 15 is 0 Å². The van der Waals surface area contributed by atoms with Gasteiger partial charge in [-0.05, 0) is 31.0 Å². The third-order valence-corrected chi connectivity index (χ3v) is 6.08. The number of amides is 1. The van der Waals surface area contributed by atoms with Crippen LogP contribution in [-0.4, -0.2) is 46.0 Å². The molecular weight excluding hydrogens is 388 g/mol. The molecule has 29 heavy (non-hydrogen) atoms. The summed E-state index contributed by atoms with van der Waals surface area (Å²) in [6.45, 7) is 3.25. The van der Waals surface area contributed by atoms with Gasteiger partial charge in [0.2, 0.25) is 0 Å². The number of anilines is 3. The smallest absolute Gasteiger partial charge is 0.259 e. The van der Waals surface area contributed by atoms with Gasteiger partial charge in [-0.25, -0.2) is 9.97 Å². The predicted molar refractivity (Wildman–Crippen MR) is 105 cm³/mol. The number of pyridine rings is 2. The van der Waals surface area contributed by atoms with Crippen LogP contribution in [0, 0.1) is 11.3 Å². The number of halogens is 1. The fourth-order valence-electron chi connectivity index (χ4n) is 4.56. The van der Waals surface area contributed by atoms with Gasteiger partial charge in [-0.2, -0.15) is 5.26 Å². The average Bonchev–Trinajstić information content (AvgIpc) is 3.45. The molecule has 2 aromatic heterocycles. The zero-order valence-electron chi connectivity index (χ0n) is 16.1. The van der Waals surface area contributed by atoms with E-state index in [1.807, 2.05) is 18.3 Å². The average molecular weight is 411 g/mol. The first-order valence-corrected chi connectivity index (χ1v) is 9.96. The quantitative estimate of drug-likeness (QED) is 0.566. The molecule has 0 atom stereocenters. The van der Waals surface area contributed by atoms with Gasteiger partial charge >= 0.3 is 0 Å². The lowest BCUT2D eigenvalue weighted by atomic mass is 10.1. The first-order valence-electron chi connectivity index (χ1n) is 9.96. The number of fused-ring (bicyclic) bond motifs is 2. The Labute approximate surface area is 176 Å². The summed E-state index contributed by atoms with van der Waals surface area (Å²) in [5.41, 5.74) is 2.41. The summed E-state index contributed by atoms with van der Waals surface area (Å²) in [5.74, 6) is 1.32. The topological polar surface area (TPSA) is 81.9 Å². The summed E-state index contributed by atoms with van der Waals surface area (Å²) in [6.07, 6.45) is 7.99. The number of hydrogen-bond acceptors (Lipinski definition) is 5. The van der Waals surface area contributed by atoms with Gasteiger partial charge in [0.05, 0.1) is 24.3 Å². The SMILES string of the molecule is N#CC[N+]1(Cc2ccnc3c2NC(=O)c2cccnc2N3C2CC2)CCCC1.[Cl-]. The first kappa shape index (κ1) is 19.6. The highest BCUT2D eigenvalue weighted by Gasteiger charge is 2.40. The van der Waals surface area contributed by atoms with Gasteiger partial charge in [-0.1, -0.05) is 0 Å². The van der Waals surface area contributed by atoms with Crippen molar-refractivity contribution in [1.29, 1.82) is 5.26 Å². The van der Waals surface area contributed by atoms with Gasteiger partial charge < -0.3 is 27.1 Å². The third kappa shape index (κ3) is 3.43. The van der Waals surface area contributed by atoms with E-state index in [0.29, 0.717) is 24.0 Å². The van der Waals surface area contributed by atoms with E-state index < -0.39 is 0 Å². The summed E-state index contributed by atoms with van der Waals surface area (Å²) in [6, 6.07) is 8.31. The molecule has 0 aromatic carbocycles.